The van der Waals surface area contributed by atoms with Gasteiger partial charge in [0.15, 0.2) is 11.6 Å². The fourth-order valence-corrected chi connectivity index (χ4v) is 1.36. The molecule has 1 rings (SSSR count). The van der Waals surface area contributed by atoms with Crippen molar-refractivity contribution in [2.45, 2.75) is 25.8 Å². The number of nitrogens with one attached hydrogen (secondary N) is 1. The molecule has 0 aliphatic heterocycles. The molecule has 0 fully saturated rings. The minimum atomic E-state index is -0.963. The summed E-state index contributed by atoms with van der Waals surface area (Å²) in [6.07, 6.45) is 0.486. The zero-order chi connectivity index (χ0) is 12.8. The van der Waals surface area contributed by atoms with Crippen molar-refractivity contribution in [2.75, 3.05) is 6.54 Å². The third-order valence-electron chi connectivity index (χ3n) is 2.30. The molecule has 0 aliphatic carbocycles. The molecule has 0 heterocycles. The molecule has 0 aromatic heterocycles. The Morgan fingerprint density at radius 2 is 2.11 bits per heavy atom. The molecule has 1 unspecified atom stereocenters. The molecule has 0 bridgehead atoms. The highest BCUT2D eigenvalue weighted by atomic mass is 35.5. The topological polar surface area (TPSA) is 55.1 Å². The molecule has 1 aromatic carbocycles. The van der Waals surface area contributed by atoms with Gasteiger partial charge in [0.25, 0.3) is 0 Å². The Hall–Kier alpha value is -1.20. The molecule has 0 saturated heterocycles. The predicted octanol–water partition coefficient (Wildman–Crippen LogP) is 1.78. The van der Waals surface area contributed by atoms with Gasteiger partial charge in [0, 0.05) is 18.2 Å². The lowest BCUT2D eigenvalue weighted by atomic mass is 10.1. The molecule has 102 valence electrons. The summed E-state index contributed by atoms with van der Waals surface area (Å²) in [5, 5.41) is 2.60. The quantitative estimate of drug-likeness (QED) is 0.863. The fraction of sp³-hybridized carbons (Fsp3) is 0.417. The minimum Gasteiger partial charge on any atom is -0.356 e. The predicted molar refractivity (Wildman–Crippen MR) is 68.6 cm³/mol. The lowest BCUT2D eigenvalue weighted by molar-refractivity contribution is -0.120. The molecule has 3 nitrogen and oxygen atoms in total. The van der Waals surface area contributed by atoms with E-state index in [0.717, 1.165) is 6.07 Å². The minimum absolute atomic E-state index is 0. The molecule has 0 radical (unpaired) electrons. The highest BCUT2D eigenvalue weighted by molar-refractivity contribution is 5.85. The lowest BCUT2D eigenvalue weighted by Crippen LogP contribution is -2.30. The molecular weight excluding hydrogens is 262 g/mol. The van der Waals surface area contributed by atoms with Crippen LogP contribution in [0.5, 0.6) is 0 Å². The largest absolute Gasteiger partial charge is 0.356 e. The van der Waals surface area contributed by atoms with Gasteiger partial charge in [-0.3, -0.25) is 4.79 Å². The van der Waals surface area contributed by atoms with E-state index in [1.807, 2.05) is 6.92 Å². The van der Waals surface area contributed by atoms with Gasteiger partial charge in [-0.1, -0.05) is 12.1 Å². The van der Waals surface area contributed by atoms with Crippen LogP contribution in [0.15, 0.2) is 18.2 Å². The van der Waals surface area contributed by atoms with Crippen molar-refractivity contribution in [3.8, 4) is 0 Å². The van der Waals surface area contributed by atoms with Crippen molar-refractivity contribution < 1.29 is 13.6 Å². The van der Waals surface area contributed by atoms with Gasteiger partial charge in [0.2, 0.25) is 5.91 Å². The first-order chi connectivity index (χ1) is 8.00. The van der Waals surface area contributed by atoms with Crippen LogP contribution in [0.1, 0.15) is 18.9 Å². The molecule has 0 aliphatic rings. The molecule has 1 atom stereocenters. The number of hydrogen-bond acceptors (Lipinski definition) is 2. The van der Waals surface area contributed by atoms with Gasteiger partial charge < -0.3 is 11.1 Å². The van der Waals surface area contributed by atoms with Gasteiger partial charge >= 0.3 is 0 Å². The van der Waals surface area contributed by atoms with Gasteiger partial charge in [-0.25, -0.2) is 8.78 Å². The summed E-state index contributed by atoms with van der Waals surface area (Å²) in [5.74, 6) is -2.24. The van der Waals surface area contributed by atoms with Crippen molar-refractivity contribution in [1.29, 1.82) is 0 Å². The van der Waals surface area contributed by atoms with Crippen molar-refractivity contribution >= 4 is 18.3 Å². The summed E-state index contributed by atoms with van der Waals surface area (Å²) < 4.78 is 26.1. The zero-order valence-electron chi connectivity index (χ0n) is 10.1. The number of rotatable bonds is 5. The van der Waals surface area contributed by atoms with E-state index >= 15 is 0 Å². The molecular formula is C12H17ClF2N2O. The Balaban J connectivity index is 0.00000289. The average molecular weight is 279 g/mol. The summed E-state index contributed by atoms with van der Waals surface area (Å²) in [5.41, 5.74) is 5.57. The number of halogens is 3. The Bertz CT molecular complexity index is 400. The maximum Gasteiger partial charge on any atom is 0.224 e. The summed E-state index contributed by atoms with van der Waals surface area (Å²) in [7, 11) is 0. The third kappa shape index (κ3) is 5.42. The van der Waals surface area contributed by atoms with E-state index in [4.69, 9.17) is 5.73 Å². The van der Waals surface area contributed by atoms with Crippen LogP contribution in [0.3, 0.4) is 0 Å². The first kappa shape index (κ1) is 16.8. The summed E-state index contributed by atoms with van der Waals surface area (Å²) in [4.78, 5) is 11.4. The highest BCUT2D eigenvalue weighted by Gasteiger charge is 2.11. The SMILES string of the molecule is CC(N)CCNC(=O)Cc1cccc(F)c1F.Cl. The van der Waals surface area contributed by atoms with E-state index in [1.54, 1.807) is 0 Å². The third-order valence-corrected chi connectivity index (χ3v) is 2.30. The number of amides is 1. The van der Waals surface area contributed by atoms with Crippen molar-refractivity contribution in [3.63, 3.8) is 0 Å². The fourth-order valence-electron chi connectivity index (χ4n) is 1.36. The van der Waals surface area contributed by atoms with Gasteiger partial charge in [-0.15, -0.1) is 12.4 Å². The smallest absolute Gasteiger partial charge is 0.224 e. The molecule has 3 N–H and O–H groups in total. The van der Waals surface area contributed by atoms with Gasteiger partial charge in [-0.05, 0) is 19.4 Å². The molecule has 0 saturated carbocycles. The van der Waals surface area contributed by atoms with Crippen molar-refractivity contribution in [2.24, 2.45) is 5.73 Å². The van der Waals surface area contributed by atoms with Gasteiger partial charge in [0.1, 0.15) is 0 Å². The number of hydrogen-bond donors (Lipinski definition) is 2. The van der Waals surface area contributed by atoms with Crippen molar-refractivity contribution in [3.05, 3.63) is 35.4 Å². The zero-order valence-corrected chi connectivity index (χ0v) is 10.9. The normalized spacial score (nSPS) is 11.6. The highest BCUT2D eigenvalue weighted by Crippen LogP contribution is 2.11. The van der Waals surface area contributed by atoms with Gasteiger partial charge in [-0.2, -0.15) is 0 Å². The lowest BCUT2D eigenvalue weighted by Gasteiger charge is -2.08. The summed E-state index contributed by atoms with van der Waals surface area (Å²) >= 11 is 0. The molecule has 18 heavy (non-hydrogen) atoms. The second kappa shape index (κ2) is 8.00. The maximum atomic E-state index is 13.2. The van der Waals surface area contributed by atoms with Crippen LogP contribution in [-0.2, 0) is 11.2 Å². The van der Waals surface area contributed by atoms with E-state index in [0.29, 0.717) is 13.0 Å². The van der Waals surface area contributed by atoms with Crippen LogP contribution in [0, 0.1) is 11.6 Å². The van der Waals surface area contributed by atoms with E-state index in [2.05, 4.69) is 5.32 Å². The number of carbonyl (C=O) groups is 1. The van der Waals surface area contributed by atoms with E-state index in [9.17, 15) is 13.6 Å². The standard InChI is InChI=1S/C12H16F2N2O.ClH/c1-8(15)5-6-16-11(17)7-9-3-2-4-10(13)12(9)14;/h2-4,8H,5-7,15H2,1H3,(H,16,17);1H. The molecule has 1 amide bonds. The van der Waals surface area contributed by atoms with Crippen LogP contribution in [0.25, 0.3) is 0 Å². The Kier molecular flexibility index (Phi) is 7.47. The van der Waals surface area contributed by atoms with E-state index in [-0.39, 0.29) is 36.3 Å². The first-order valence-corrected chi connectivity index (χ1v) is 5.46. The summed E-state index contributed by atoms with van der Waals surface area (Å²) in [6, 6.07) is 3.79. The van der Waals surface area contributed by atoms with Crippen LogP contribution < -0.4 is 11.1 Å². The number of benzene rings is 1. The second-order valence-electron chi connectivity index (χ2n) is 4.01. The molecule has 0 spiro atoms. The monoisotopic (exact) mass is 278 g/mol. The van der Waals surface area contributed by atoms with Crippen LogP contribution in [-0.4, -0.2) is 18.5 Å². The van der Waals surface area contributed by atoms with Crippen molar-refractivity contribution in [1.82, 2.24) is 5.32 Å². The van der Waals surface area contributed by atoms with Crippen LogP contribution in [0.2, 0.25) is 0 Å². The number of carbonyl (C=O) groups excluding carboxylic acids is 1. The maximum absolute atomic E-state index is 13.2. The second-order valence-corrected chi connectivity index (χ2v) is 4.01. The Morgan fingerprint density at radius 3 is 2.72 bits per heavy atom. The van der Waals surface area contributed by atoms with E-state index < -0.39 is 11.6 Å². The average Bonchev–Trinajstić information content (AvgIpc) is 2.24. The first-order valence-electron chi connectivity index (χ1n) is 5.46. The molecule has 6 heteroatoms. The van der Waals surface area contributed by atoms with Crippen LogP contribution in [0.4, 0.5) is 8.78 Å². The summed E-state index contributed by atoms with van der Waals surface area (Å²) in [6.45, 7) is 2.27. The Morgan fingerprint density at radius 1 is 1.44 bits per heavy atom. The molecule has 1 aromatic rings. The Labute approximate surface area is 111 Å². The van der Waals surface area contributed by atoms with Crippen LogP contribution >= 0.6 is 12.4 Å². The van der Waals surface area contributed by atoms with Gasteiger partial charge in [0.05, 0.1) is 6.42 Å². The van der Waals surface area contributed by atoms with E-state index in [1.165, 1.54) is 12.1 Å². The number of nitrogens with two attached hydrogens (primary N) is 1.